The standard InChI is InChI=1S/C23H31N5O/c1-3-24-23(25-17-21-10-7-11-22(16-21)26-19(2)29)28-14-12-27(13-15-28)18-20-8-5-4-6-9-20/h4-11,16H,3,12-15,17-18H2,1-2H3,(H,24,25)(H,26,29). The highest BCUT2D eigenvalue weighted by Gasteiger charge is 2.19. The van der Waals surface area contributed by atoms with Crippen molar-refractivity contribution >= 4 is 17.6 Å². The lowest BCUT2D eigenvalue weighted by atomic mass is 10.2. The van der Waals surface area contributed by atoms with Crippen molar-refractivity contribution in [1.29, 1.82) is 0 Å². The maximum Gasteiger partial charge on any atom is 0.221 e. The largest absolute Gasteiger partial charge is 0.357 e. The van der Waals surface area contributed by atoms with Crippen LogP contribution in [0.2, 0.25) is 0 Å². The summed E-state index contributed by atoms with van der Waals surface area (Å²) < 4.78 is 0. The molecule has 0 saturated carbocycles. The van der Waals surface area contributed by atoms with E-state index < -0.39 is 0 Å². The van der Waals surface area contributed by atoms with E-state index in [4.69, 9.17) is 4.99 Å². The SMILES string of the molecule is CCNC(=NCc1cccc(NC(C)=O)c1)N1CCN(Cc2ccccc2)CC1. The van der Waals surface area contributed by atoms with E-state index in [1.54, 1.807) is 0 Å². The van der Waals surface area contributed by atoms with E-state index in [0.717, 1.165) is 56.5 Å². The molecule has 29 heavy (non-hydrogen) atoms. The fraction of sp³-hybridized carbons (Fsp3) is 0.391. The van der Waals surface area contributed by atoms with Gasteiger partial charge in [-0.05, 0) is 30.2 Å². The summed E-state index contributed by atoms with van der Waals surface area (Å²) in [6.45, 7) is 10.0. The van der Waals surface area contributed by atoms with Gasteiger partial charge in [0.05, 0.1) is 6.54 Å². The molecule has 1 amide bonds. The molecule has 0 radical (unpaired) electrons. The zero-order valence-electron chi connectivity index (χ0n) is 17.4. The summed E-state index contributed by atoms with van der Waals surface area (Å²) in [6, 6.07) is 18.5. The molecule has 6 heteroatoms. The summed E-state index contributed by atoms with van der Waals surface area (Å²) in [4.78, 5) is 20.9. The minimum absolute atomic E-state index is 0.0626. The van der Waals surface area contributed by atoms with E-state index >= 15 is 0 Å². The van der Waals surface area contributed by atoms with Gasteiger partial charge < -0.3 is 15.5 Å². The van der Waals surface area contributed by atoms with Gasteiger partial charge in [-0.15, -0.1) is 0 Å². The Labute approximate surface area is 173 Å². The predicted octanol–water partition coefficient (Wildman–Crippen LogP) is 2.93. The molecule has 3 rings (SSSR count). The van der Waals surface area contributed by atoms with Gasteiger partial charge in [0.15, 0.2) is 5.96 Å². The van der Waals surface area contributed by atoms with Crippen LogP contribution < -0.4 is 10.6 Å². The summed E-state index contributed by atoms with van der Waals surface area (Å²) in [5, 5.41) is 6.25. The quantitative estimate of drug-likeness (QED) is 0.585. The number of piperazine rings is 1. The van der Waals surface area contributed by atoms with Crippen molar-refractivity contribution in [1.82, 2.24) is 15.1 Å². The lowest BCUT2D eigenvalue weighted by Gasteiger charge is -2.36. The first-order chi connectivity index (χ1) is 14.1. The summed E-state index contributed by atoms with van der Waals surface area (Å²) in [5.41, 5.74) is 3.25. The maximum absolute atomic E-state index is 11.3. The minimum Gasteiger partial charge on any atom is -0.357 e. The van der Waals surface area contributed by atoms with Crippen molar-refractivity contribution in [2.24, 2.45) is 4.99 Å². The Balaban J connectivity index is 1.57. The van der Waals surface area contributed by atoms with Gasteiger partial charge in [0.2, 0.25) is 5.91 Å². The molecule has 1 aliphatic rings. The third kappa shape index (κ3) is 6.61. The minimum atomic E-state index is -0.0626. The van der Waals surface area contributed by atoms with Gasteiger partial charge in [0.25, 0.3) is 0 Å². The molecule has 2 aromatic carbocycles. The van der Waals surface area contributed by atoms with Crippen LogP contribution in [0.3, 0.4) is 0 Å². The number of hydrogen-bond acceptors (Lipinski definition) is 3. The number of guanidine groups is 1. The fourth-order valence-corrected chi connectivity index (χ4v) is 3.50. The van der Waals surface area contributed by atoms with Gasteiger partial charge in [0.1, 0.15) is 0 Å². The van der Waals surface area contributed by atoms with E-state index in [-0.39, 0.29) is 5.91 Å². The summed E-state index contributed by atoms with van der Waals surface area (Å²) in [6.07, 6.45) is 0. The highest BCUT2D eigenvalue weighted by Crippen LogP contribution is 2.13. The van der Waals surface area contributed by atoms with Crippen molar-refractivity contribution in [2.75, 3.05) is 38.0 Å². The molecule has 1 fully saturated rings. The van der Waals surface area contributed by atoms with Crippen LogP contribution in [0.5, 0.6) is 0 Å². The molecule has 0 spiro atoms. The Bertz CT molecular complexity index is 813. The lowest BCUT2D eigenvalue weighted by molar-refractivity contribution is -0.114. The third-order valence-corrected chi connectivity index (χ3v) is 4.91. The molecular weight excluding hydrogens is 362 g/mol. The molecule has 0 aromatic heterocycles. The monoisotopic (exact) mass is 393 g/mol. The Kier molecular flexibility index (Phi) is 7.64. The highest BCUT2D eigenvalue weighted by atomic mass is 16.1. The smallest absolute Gasteiger partial charge is 0.221 e. The van der Waals surface area contributed by atoms with E-state index in [0.29, 0.717) is 6.54 Å². The van der Waals surface area contributed by atoms with Crippen molar-refractivity contribution in [2.45, 2.75) is 26.9 Å². The second-order valence-electron chi connectivity index (χ2n) is 7.30. The Hall–Kier alpha value is -2.86. The van der Waals surface area contributed by atoms with Gasteiger partial charge in [-0.1, -0.05) is 42.5 Å². The fourth-order valence-electron chi connectivity index (χ4n) is 3.50. The Morgan fingerprint density at radius 2 is 1.72 bits per heavy atom. The first kappa shape index (κ1) is 20.9. The van der Waals surface area contributed by atoms with Crippen molar-refractivity contribution in [3.8, 4) is 0 Å². The number of nitrogens with zero attached hydrogens (tertiary/aromatic N) is 3. The van der Waals surface area contributed by atoms with Crippen molar-refractivity contribution < 1.29 is 4.79 Å². The van der Waals surface area contributed by atoms with Gasteiger partial charge in [-0.25, -0.2) is 4.99 Å². The molecule has 1 saturated heterocycles. The molecule has 6 nitrogen and oxygen atoms in total. The van der Waals surface area contributed by atoms with Crippen LogP contribution in [-0.2, 0) is 17.9 Å². The number of amides is 1. The van der Waals surface area contributed by atoms with Crippen LogP contribution in [0.15, 0.2) is 59.6 Å². The molecule has 154 valence electrons. The first-order valence-electron chi connectivity index (χ1n) is 10.3. The first-order valence-corrected chi connectivity index (χ1v) is 10.3. The van der Waals surface area contributed by atoms with Crippen LogP contribution in [0.1, 0.15) is 25.0 Å². The van der Waals surface area contributed by atoms with Crippen molar-refractivity contribution in [3.05, 3.63) is 65.7 Å². The molecule has 0 unspecified atom stereocenters. The predicted molar refractivity (Wildman–Crippen MR) is 119 cm³/mol. The number of anilines is 1. The topological polar surface area (TPSA) is 60.0 Å². The van der Waals surface area contributed by atoms with Crippen LogP contribution >= 0.6 is 0 Å². The molecule has 1 aliphatic heterocycles. The van der Waals surface area contributed by atoms with Crippen LogP contribution in [-0.4, -0.2) is 54.4 Å². The lowest BCUT2D eigenvalue weighted by Crippen LogP contribution is -2.52. The van der Waals surface area contributed by atoms with Crippen LogP contribution in [0, 0.1) is 0 Å². The number of aliphatic imine (C=N–C) groups is 1. The number of carbonyl (C=O) groups is 1. The summed E-state index contributed by atoms with van der Waals surface area (Å²) >= 11 is 0. The molecule has 0 aliphatic carbocycles. The number of hydrogen-bond donors (Lipinski definition) is 2. The van der Waals surface area contributed by atoms with Gasteiger partial charge >= 0.3 is 0 Å². The molecule has 0 bridgehead atoms. The molecule has 0 atom stereocenters. The molecule has 2 aromatic rings. The van der Waals surface area contributed by atoms with E-state index in [1.807, 2.05) is 24.3 Å². The zero-order valence-corrected chi connectivity index (χ0v) is 17.4. The van der Waals surface area contributed by atoms with E-state index in [1.165, 1.54) is 12.5 Å². The van der Waals surface area contributed by atoms with Crippen LogP contribution in [0.25, 0.3) is 0 Å². The van der Waals surface area contributed by atoms with Gasteiger partial charge in [-0.2, -0.15) is 0 Å². The average molecular weight is 394 g/mol. The second-order valence-corrected chi connectivity index (χ2v) is 7.30. The molecule has 1 heterocycles. The number of carbonyl (C=O) groups excluding carboxylic acids is 1. The number of benzene rings is 2. The van der Waals surface area contributed by atoms with E-state index in [2.05, 4.69) is 57.7 Å². The number of rotatable bonds is 6. The molecule has 2 N–H and O–H groups in total. The second kappa shape index (κ2) is 10.6. The Morgan fingerprint density at radius 3 is 2.41 bits per heavy atom. The van der Waals surface area contributed by atoms with Crippen LogP contribution in [0.4, 0.5) is 5.69 Å². The summed E-state index contributed by atoms with van der Waals surface area (Å²) in [5.74, 6) is 0.893. The third-order valence-electron chi connectivity index (χ3n) is 4.91. The number of nitrogens with one attached hydrogen (secondary N) is 2. The summed E-state index contributed by atoms with van der Waals surface area (Å²) in [7, 11) is 0. The Morgan fingerprint density at radius 1 is 1.00 bits per heavy atom. The van der Waals surface area contributed by atoms with Gasteiger partial charge in [-0.3, -0.25) is 9.69 Å². The van der Waals surface area contributed by atoms with Crippen molar-refractivity contribution in [3.63, 3.8) is 0 Å². The molecular formula is C23H31N5O. The highest BCUT2D eigenvalue weighted by molar-refractivity contribution is 5.88. The van der Waals surface area contributed by atoms with Gasteiger partial charge in [0, 0.05) is 51.9 Å². The van der Waals surface area contributed by atoms with E-state index in [9.17, 15) is 4.79 Å². The average Bonchev–Trinajstić information content (AvgIpc) is 2.72. The normalized spacial score (nSPS) is 15.2. The zero-order chi connectivity index (χ0) is 20.5. The maximum atomic E-state index is 11.3.